The molecule has 3 heterocycles. The van der Waals surface area contributed by atoms with Gasteiger partial charge in [-0.05, 0) is 37.3 Å². The van der Waals surface area contributed by atoms with E-state index in [0.29, 0.717) is 35.3 Å². The molecule has 1 atom stereocenters. The molecule has 1 aliphatic rings. The van der Waals surface area contributed by atoms with E-state index in [-0.39, 0.29) is 24.4 Å². The molecule has 142 valence electrons. The lowest BCUT2D eigenvalue weighted by Gasteiger charge is -2.31. The highest BCUT2D eigenvalue weighted by atomic mass is 35.5. The third-order valence-corrected chi connectivity index (χ3v) is 4.65. The molecule has 1 unspecified atom stereocenters. The number of rotatable bonds is 3. The number of piperazine rings is 1. The van der Waals surface area contributed by atoms with E-state index in [4.69, 9.17) is 16.0 Å². The SMILES string of the molecule is CC1CN(C(=O)c2cc(-c3ccco3)n(-c3cccc(Cl)c3)n2)CCN1.Cl. The molecule has 2 aromatic heterocycles. The maximum atomic E-state index is 12.9. The van der Waals surface area contributed by atoms with E-state index in [1.165, 1.54) is 0 Å². The molecule has 0 spiro atoms. The normalized spacial score (nSPS) is 16.8. The molecule has 27 heavy (non-hydrogen) atoms. The lowest BCUT2D eigenvalue weighted by molar-refractivity contribution is 0.0702. The Labute approximate surface area is 168 Å². The van der Waals surface area contributed by atoms with Crippen LogP contribution in [0.1, 0.15) is 17.4 Å². The quantitative estimate of drug-likeness (QED) is 0.720. The number of hydrogen-bond donors (Lipinski definition) is 1. The Kier molecular flexibility index (Phi) is 5.89. The zero-order valence-electron chi connectivity index (χ0n) is 14.8. The van der Waals surface area contributed by atoms with Crippen LogP contribution in [0.3, 0.4) is 0 Å². The van der Waals surface area contributed by atoms with Crippen LogP contribution in [0.15, 0.2) is 53.1 Å². The Bertz CT molecular complexity index is 924. The Morgan fingerprint density at radius 2 is 2.15 bits per heavy atom. The first-order valence-corrected chi connectivity index (χ1v) is 8.92. The Hall–Kier alpha value is -2.28. The highest BCUT2D eigenvalue weighted by Crippen LogP contribution is 2.26. The summed E-state index contributed by atoms with van der Waals surface area (Å²) < 4.78 is 7.24. The van der Waals surface area contributed by atoms with E-state index < -0.39 is 0 Å². The van der Waals surface area contributed by atoms with Gasteiger partial charge < -0.3 is 14.6 Å². The van der Waals surface area contributed by atoms with Crippen LogP contribution in [-0.4, -0.2) is 46.3 Å². The average molecular weight is 407 g/mol. The van der Waals surface area contributed by atoms with Crippen LogP contribution in [0, 0.1) is 0 Å². The predicted octanol–water partition coefficient (Wildman–Crippen LogP) is 3.64. The fourth-order valence-electron chi connectivity index (χ4n) is 3.17. The Morgan fingerprint density at radius 3 is 2.85 bits per heavy atom. The summed E-state index contributed by atoms with van der Waals surface area (Å²) in [5.74, 6) is 0.567. The third-order valence-electron chi connectivity index (χ3n) is 4.41. The van der Waals surface area contributed by atoms with Crippen molar-refractivity contribution in [2.75, 3.05) is 19.6 Å². The highest BCUT2D eigenvalue weighted by Gasteiger charge is 2.25. The summed E-state index contributed by atoms with van der Waals surface area (Å²) in [5, 5.41) is 8.51. The van der Waals surface area contributed by atoms with Crippen molar-refractivity contribution < 1.29 is 9.21 Å². The second-order valence-corrected chi connectivity index (χ2v) is 6.83. The summed E-state index contributed by atoms with van der Waals surface area (Å²) in [6, 6.07) is 13.1. The summed E-state index contributed by atoms with van der Waals surface area (Å²) in [4.78, 5) is 14.8. The minimum absolute atomic E-state index is 0. The van der Waals surface area contributed by atoms with Gasteiger partial charge in [-0.3, -0.25) is 4.79 Å². The number of nitrogens with zero attached hydrogens (tertiary/aromatic N) is 3. The summed E-state index contributed by atoms with van der Waals surface area (Å²) in [6.45, 7) is 4.19. The predicted molar refractivity (Wildman–Crippen MR) is 107 cm³/mol. The van der Waals surface area contributed by atoms with E-state index in [1.54, 1.807) is 23.1 Å². The van der Waals surface area contributed by atoms with Crippen LogP contribution in [0.25, 0.3) is 17.1 Å². The number of nitrogens with one attached hydrogen (secondary N) is 1. The second-order valence-electron chi connectivity index (χ2n) is 6.39. The van der Waals surface area contributed by atoms with Crippen molar-refractivity contribution in [3.8, 4) is 17.1 Å². The largest absolute Gasteiger partial charge is 0.463 e. The molecule has 8 heteroatoms. The number of aromatic nitrogens is 2. The van der Waals surface area contributed by atoms with Crippen molar-refractivity contribution in [1.82, 2.24) is 20.0 Å². The molecule has 1 amide bonds. The van der Waals surface area contributed by atoms with Crippen molar-refractivity contribution in [2.45, 2.75) is 13.0 Å². The van der Waals surface area contributed by atoms with Gasteiger partial charge in [-0.25, -0.2) is 4.68 Å². The van der Waals surface area contributed by atoms with Crippen LogP contribution >= 0.6 is 24.0 Å². The molecule has 1 saturated heterocycles. The fraction of sp³-hybridized carbons (Fsp3) is 0.263. The molecule has 1 fully saturated rings. The molecule has 1 aromatic carbocycles. The van der Waals surface area contributed by atoms with E-state index >= 15 is 0 Å². The average Bonchev–Trinajstić information content (AvgIpc) is 3.30. The van der Waals surface area contributed by atoms with Crippen LogP contribution < -0.4 is 5.32 Å². The van der Waals surface area contributed by atoms with E-state index in [2.05, 4.69) is 17.3 Å². The zero-order valence-corrected chi connectivity index (χ0v) is 16.3. The molecule has 4 rings (SSSR count). The van der Waals surface area contributed by atoms with Gasteiger partial charge in [0, 0.05) is 36.8 Å². The van der Waals surface area contributed by atoms with Crippen molar-refractivity contribution in [3.05, 3.63) is 59.4 Å². The maximum Gasteiger partial charge on any atom is 0.274 e. The van der Waals surface area contributed by atoms with Gasteiger partial charge in [-0.1, -0.05) is 17.7 Å². The number of halogens is 2. The zero-order chi connectivity index (χ0) is 18.1. The minimum Gasteiger partial charge on any atom is -0.463 e. The highest BCUT2D eigenvalue weighted by molar-refractivity contribution is 6.30. The maximum absolute atomic E-state index is 12.9. The number of carbonyl (C=O) groups is 1. The third kappa shape index (κ3) is 4.03. The lowest BCUT2D eigenvalue weighted by Crippen LogP contribution is -2.51. The van der Waals surface area contributed by atoms with E-state index in [0.717, 1.165) is 12.2 Å². The second kappa shape index (κ2) is 8.17. The summed E-state index contributed by atoms with van der Waals surface area (Å²) in [6.07, 6.45) is 1.60. The Balaban J connectivity index is 0.00000210. The molecule has 0 saturated carbocycles. The van der Waals surface area contributed by atoms with E-state index in [1.807, 2.05) is 35.2 Å². The number of amides is 1. The Morgan fingerprint density at radius 1 is 1.30 bits per heavy atom. The monoisotopic (exact) mass is 406 g/mol. The van der Waals surface area contributed by atoms with Crippen LogP contribution in [0.5, 0.6) is 0 Å². The van der Waals surface area contributed by atoms with Gasteiger partial charge in [0.1, 0.15) is 5.69 Å². The molecule has 0 aliphatic carbocycles. The standard InChI is InChI=1S/C19H19ClN4O2.ClH/c1-13-12-23(8-7-21-13)19(25)16-11-17(18-6-3-9-26-18)24(22-16)15-5-2-4-14(20)10-15;/h2-6,9-11,13,21H,7-8,12H2,1H3;1H. The molecule has 0 bridgehead atoms. The van der Waals surface area contributed by atoms with Crippen molar-refractivity contribution >= 4 is 29.9 Å². The van der Waals surface area contributed by atoms with Gasteiger partial charge >= 0.3 is 0 Å². The van der Waals surface area contributed by atoms with Gasteiger partial charge in [0.2, 0.25) is 0 Å². The summed E-state index contributed by atoms with van der Waals surface area (Å²) >= 11 is 6.13. The van der Waals surface area contributed by atoms with Crippen LogP contribution in [0.2, 0.25) is 5.02 Å². The first kappa shape index (κ1) is 19.5. The van der Waals surface area contributed by atoms with Crippen molar-refractivity contribution in [2.24, 2.45) is 0 Å². The fourth-order valence-corrected chi connectivity index (χ4v) is 3.35. The first-order chi connectivity index (χ1) is 12.6. The molecular weight excluding hydrogens is 387 g/mol. The van der Waals surface area contributed by atoms with E-state index in [9.17, 15) is 4.79 Å². The van der Waals surface area contributed by atoms with Crippen molar-refractivity contribution in [1.29, 1.82) is 0 Å². The minimum atomic E-state index is -0.0769. The molecule has 3 aromatic rings. The summed E-state index contributed by atoms with van der Waals surface area (Å²) in [7, 11) is 0. The smallest absolute Gasteiger partial charge is 0.274 e. The van der Waals surface area contributed by atoms with Gasteiger partial charge in [0.05, 0.1) is 12.0 Å². The first-order valence-electron chi connectivity index (χ1n) is 8.54. The van der Waals surface area contributed by atoms with Gasteiger partial charge in [0.25, 0.3) is 5.91 Å². The van der Waals surface area contributed by atoms with Crippen LogP contribution in [0.4, 0.5) is 0 Å². The van der Waals surface area contributed by atoms with Gasteiger partial charge in [-0.15, -0.1) is 12.4 Å². The molecular formula is C19H20Cl2N4O2. The topological polar surface area (TPSA) is 63.3 Å². The molecule has 1 aliphatic heterocycles. The van der Waals surface area contributed by atoms with Crippen molar-refractivity contribution in [3.63, 3.8) is 0 Å². The molecule has 1 N–H and O–H groups in total. The molecule has 6 nitrogen and oxygen atoms in total. The van der Waals surface area contributed by atoms with Gasteiger partial charge in [0.15, 0.2) is 11.5 Å². The number of carbonyl (C=O) groups excluding carboxylic acids is 1. The number of benzene rings is 1. The lowest BCUT2D eigenvalue weighted by atomic mass is 10.2. The summed E-state index contributed by atoms with van der Waals surface area (Å²) in [5.41, 5.74) is 1.88. The van der Waals surface area contributed by atoms with Gasteiger partial charge in [-0.2, -0.15) is 5.10 Å². The van der Waals surface area contributed by atoms with Crippen LogP contribution in [-0.2, 0) is 0 Å². The number of hydrogen-bond acceptors (Lipinski definition) is 4. The number of furan rings is 1. The molecule has 0 radical (unpaired) electrons.